The molecule has 3 aliphatic heterocycles. The number of alkyl halides is 1. The minimum absolute atomic E-state index is 0.0375. The number of fused-ring (bicyclic) bond motifs is 5. The van der Waals surface area contributed by atoms with E-state index in [-0.39, 0.29) is 43.6 Å². The lowest BCUT2D eigenvalue weighted by molar-refractivity contribution is -0.297. The summed E-state index contributed by atoms with van der Waals surface area (Å²) in [5.74, 6) is -5.80. The van der Waals surface area contributed by atoms with Crippen molar-refractivity contribution in [1.29, 1.82) is 0 Å². The van der Waals surface area contributed by atoms with Crippen molar-refractivity contribution in [2.45, 2.75) is 168 Å². The molecule has 0 radical (unpaired) electrons. The second-order valence-electron chi connectivity index (χ2n) is 19.5. The van der Waals surface area contributed by atoms with Crippen LogP contribution in [0.5, 0.6) is 0 Å². The summed E-state index contributed by atoms with van der Waals surface area (Å²) in [5.41, 5.74) is -4.61. The van der Waals surface area contributed by atoms with Crippen LogP contribution in [-0.2, 0) is 38.1 Å². The first-order valence-electron chi connectivity index (χ1n) is 21.9. The number of amides is 1. The Kier molecular flexibility index (Phi) is 17.0. The number of aliphatic hydroxyl groups excluding tert-OH is 1. The van der Waals surface area contributed by atoms with Gasteiger partial charge in [0, 0.05) is 30.5 Å². The summed E-state index contributed by atoms with van der Waals surface area (Å²) in [5, 5.41) is 24.4. The third-order valence-electron chi connectivity index (χ3n) is 12.7. The fourth-order valence-corrected chi connectivity index (χ4v) is 9.13. The minimum atomic E-state index is -3.19. The normalized spacial score (nSPS) is 38.9. The number of aliphatic imine (C=N–C) groups is 1. The molecular formula is C48H73FN2O10. The molecule has 3 fully saturated rings. The zero-order valence-electron chi connectivity index (χ0n) is 38.8. The number of aliphatic hydroxyl groups is 2. The van der Waals surface area contributed by atoms with Crippen LogP contribution in [0.2, 0.25) is 0 Å². The molecule has 1 aromatic rings. The molecule has 12 nitrogen and oxygen atoms in total. The number of allylic oxidation sites excluding steroid dienone is 2. The number of nitrogens with zero attached hydrogens (tertiary/aromatic N) is 2. The Morgan fingerprint density at radius 1 is 1.07 bits per heavy atom. The summed E-state index contributed by atoms with van der Waals surface area (Å²) < 4.78 is 49.5. The van der Waals surface area contributed by atoms with Crippen molar-refractivity contribution in [2.24, 2.45) is 28.2 Å². The van der Waals surface area contributed by atoms with Gasteiger partial charge in [0.05, 0.1) is 37.1 Å². The maximum absolute atomic E-state index is 17.0. The zero-order chi connectivity index (χ0) is 45.7. The molecule has 0 spiro atoms. The second kappa shape index (κ2) is 20.6. The van der Waals surface area contributed by atoms with Crippen molar-refractivity contribution >= 4 is 29.4 Å². The van der Waals surface area contributed by atoms with Gasteiger partial charge in [-0.1, -0.05) is 97.0 Å². The molecule has 3 saturated heterocycles. The molecular weight excluding hydrogens is 784 g/mol. The van der Waals surface area contributed by atoms with E-state index in [9.17, 15) is 24.6 Å². The lowest BCUT2D eigenvalue weighted by Gasteiger charge is -2.48. The molecule has 3 aliphatic rings. The largest absolute Gasteiger partial charge is 0.457 e. The topological polar surface area (TPSA) is 153 Å². The zero-order valence-corrected chi connectivity index (χ0v) is 38.8. The van der Waals surface area contributed by atoms with Crippen LogP contribution in [0.15, 0.2) is 53.0 Å². The van der Waals surface area contributed by atoms with Crippen LogP contribution in [0.4, 0.5) is 4.39 Å². The van der Waals surface area contributed by atoms with E-state index in [0.29, 0.717) is 24.3 Å². The minimum Gasteiger partial charge on any atom is -0.457 e. The van der Waals surface area contributed by atoms with Gasteiger partial charge in [0.25, 0.3) is 5.67 Å². The number of halogens is 1. The van der Waals surface area contributed by atoms with E-state index in [1.54, 1.807) is 20.8 Å². The molecule has 342 valence electrons. The van der Waals surface area contributed by atoms with Crippen molar-refractivity contribution in [1.82, 2.24) is 4.90 Å². The standard InChI is InChI=1S/C48H73FN2O10/c1-14-37-48(12,56)42-31(4)38(50-33(6)52)29(2)26-46(10,58-28-35(27-57-42)22-18-21-34-19-16-15-17-20-34)41(32(5)40(54)47(11,49)44(55)60-37)61-43-39(53)36(25-30(3)59-43)51(13)24-23-45(7,8)9/h15-22,29-32,36-37,39,41-43,53,56H,14,23-28H2,1-13H3/b21-18+,35-22+,50-38?/t29-,30-,31+,32+,36+,37-,39-,41-,42-,43+,46-,47+,48-/m1/s1. The summed E-state index contributed by atoms with van der Waals surface area (Å²) >= 11 is 0. The van der Waals surface area contributed by atoms with Gasteiger partial charge in [0.1, 0.15) is 17.8 Å². The number of Topliss-reactive ketones (excluding diaryl/α,β-unsaturated/α-hetero) is 1. The molecule has 0 saturated carbocycles. The number of esters is 1. The molecule has 3 heterocycles. The van der Waals surface area contributed by atoms with Crippen molar-refractivity contribution in [3.8, 4) is 0 Å². The van der Waals surface area contributed by atoms with Crippen LogP contribution in [0.25, 0.3) is 6.08 Å². The van der Waals surface area contributed by atoms with Gasteiger partial charge in [-0.2, -0.15) is 0 Å². The average Bonchev–Trinajstić information content (AvgIpc) is 3.19. The number of hydrogen-bond donors (Lipinski definition) is 2. The van der Waals surface area contributed by atoms with E-state index in [0.717, 1.165) is 18.9 Å². The van der Waals surface area contributed by atoms with E-state index in [1.807, 2.05) is 69.5 Å². The third-order valence-corrected chi connectivity index (χ3v) is 12.7. The van der Waals surface area contributed by atoms with Crippen molar-refractivity contribution < 1.29 is 52.7 Å². The Labute approximate surface area is 363 Å². The molecule has 2 N–H and O–H groups in total. The van der Waals surface area contributed by atoms with Gasteiger partial charge in [0.2, 0.25) is 5.91 Å². The van der Waals surface area contributed by atoms with Gasteiger partial charge in [-0.25, -0.2) is 14.2 Å². The van der Waals surface area contributed by atoms with Gasteiger partial charge in [-0.15, -0.1) is 0 Å². The first kappa shape index (κ1) is 50.5. The fraction of sp³-hybridized carbons (Fsp3) is 0.708. The molecule has 13 heteroatoms. The van der Waals surface area contributed by atoms with Crippen LogP contribution in [0.3, 0.4) is 0 Å². The Bertz CT molecular complexity index is 1760. The summed E-state index contributed by atoms with van der Waals surface area (Å²) in [6.45, 7) is 21.1. The SMILES string of the molecule is CC[C@H]1OC(=O)[C@@](C)(F)C(=O)[C@H](C)[C@@H](O[C@@H]2O[C@H](C)C[C@H](N(C)CCC(C)(C)C)[C@H]2O)[C@@]2(C)C[C@@H](C)C(=NC(C)=O)[C@H](C)[C@@H](OC/C(=C\C=C\c3ccccc3)CO2)[C@]1(C)O. The lowest BCUT2D eigenvalue weighted by atomic mass is 9.73. The van der Waals surface area contributed by atoms with E-state index < -0.39 is 83.0 Å². The van der Waals surface area contributed by atoms with Gasteiger partial charge in [0.15, 0.2) is 12.1 Å². The van der Waals surface area contributed by atoms with Crippen molar-refractivity contribution in [2.75, 3.05) is 26.8 Å². The number of ketones is 1. The van der Waals surface area contributed by atoms with Crippen LogP contribution >= 0.6 is 0 Å². The maximum atomic E-state index is 17.0. The quantitative estimate of drug-likeness (QED) is 0.204. The molecule has 1 aromatic carbocycles. The van der Waals surface area contributed by atoms with E-state index in [4.69, 9.17) is 23.7 Å². The molecule has 0 unspecified atom stereocenters. The molecule has 4 rings (SSSR count). The smallest absolute Gasteiger partial charge is 0.351 e. The highest BCUT2D eigenvalue weighted by Crippen LogP contribution is 2.41. The molecule has 1 amide bonds. The lowest BCUT2D eigenvalue weighted by Crippen LogP contribution is -2.61. The van der Waals surface area contributed by atoms with Crippen LogP contribution < -0.4 is 0 Å². The third kappa shape index (κ3) is 12.5. The van der Waals surface area contributed by atoms with E-state index in [2.05, 4.69) is 30.7 Å². The Balaban J connectivity index is 1.96. The van der Waals surface area contributed by atoms with Crippen molar-refractivity contribution in [3.63, 3.8) is 0 Å². The highest BCUT2D eigenvalue weighted by atomic mass is 19.1. The average molecular weight is 857 g/mol. The number of hydrogen-bond acceptors (Lipinski definition) is 11. The van der Waals surface area contributed by atoms with E-state index >= 15 is 4.39 Å². The summed E-state index contributed by atoms with van der Waals surface area (Å²) in [6.07, 6.45) is 0.474. The predicted octanol–water partition coefficient (Wildman–Crippen LogP) is 7.09. The summed E-state index contributed by atoms with van der Waals surface area (Å²) in [7, 11) is 1.95. The van der Waals surface area contributed by atoms with Crippen LogP contribution in [-0.4, -0.2) is 125 Å². The monoisotopic (exact) mass is 857 g/mol. The molecule has 0 aliphatic carbocycles. The molecule has 13 atom stereocenters. The fourth-order valence-electron chi connectivity index (χ4n) is 9.13. The number of carbonyl (C=O) groups is 3. The molecule has 2 bridgehead atoms. The Morgan fingerprint density at radius 2 is 1.72 bits per heavy atom. The number of ether oxygens (including phenoxy) is 5. The first-order chi connectivity index (χ1) is 28.3. The Morgan fingerprint density at radius 3 is 2.33 bits per heavy atom. The Hall–Kier alpha value is -3.17. The number of benzene rings is 1. The molecule has 0 aromatic heterocycles. The highest BCUT2D eigenvalue weighted by Gasteiger charge is 2.56. The maximum Gasteiger partial charge on any atom is 0.351 e. The van der Waals surface area contributed by atoms with Crippen molar-refractivity contribution in [3.05, 3.63) is 53.6 Å². The summed E-state index contributed by atoms with van der Waals surface area (Å²) in [6, 6.07) is 9.34. The number of likely N-dealkylation sites (N-methyl/N-ethyl adjacent to an activating group) is 1. The summed E-state index contributed by atoms with van der Waals surface area (Å²) in [4.78, 5) is 47.9. The van der Waals surface area contributed by atoms with Gasteiger partial charge >= 0.3 is 5.97 Å². The van der Waals surface area contributed by atoms with Crippen LogP contribution in [0, 0.1) is 23.2 Å². The second-order valence-corrected chi connectivity index (χ2v) is 19.5. The highest BCUT2D eigenvalue weighted by molar-refractivity contribution is 6.08. The van der Waals surface area contributed by atoms with E-state index in [1.165, 1.54) is 20.8 Å². The van der Waals surface area contributed by atoms with Gasteiger partial charge < -0.3 is 38.8 Å². The first-order valence-corrected chi connectivity index (χ1v) is 21.9. The molecule has 61 heavy (non-hydrogen) atoms. The predicted molar refractivity (Wildman–Crippen MR) is 234 cm³/mol. The van der Waals surface area contributed by atoms with Gasteiger partial charge in [-0.3, -0.25) is 9.59 Å². The number of cyclic esters (lactones) is 1. The number of carbonyl (C=O) groups excluding carboxylic acids is 3. The van der Waals surface area contributed by atoms with Gasteiger partial charge in [-0.05, 0) is 89.4 Å². The van der Waals surface area contributed by atoms with Crippen LogP contribution in [0.1, 0.15) is 114 Å². The number of rotatable bonds is 8.